The topological polar surface area (TPSA) is 118 Å². The highest BCUT2D eigenvalue weighted by molar-refractivity contribution is 7.79. The molecule has 2 N–H and O–H groups in total. The van der Waals surface area contributed by atoms with Gasteiger partial charge in [0.25, 0.3) is 0 Å². The van der Waals surface area contributed by atoms with Gasteiger partial charge in [0.2, 0.25) is 0 Å². The van der Waals surface area contributed by atoms with Crippen molar-refractivity contribution in [2.24, 2.45) is 0 Å². The average molecular weight is 230 g/mol. The van der Waals surface area contributed by atoms with E-state index in [9.17, 15) is 9.59 Å². The molecule has 0 saturated carbocycles. The predicted octanol–water partition coefficient (Wildman–Crippen LogP) is -1.74. The fraction of sp³-hybridized carbons (Fsp3) is 0.500. The second kappa shape index (κ2) is 8.15. The molecule has 0 radical (unpaired) electrons. The molecule has 9 heteroatoms. The molecule has 13 heavy (non-hydrogen) atoms. The van der Waals surface area contributed by atoms with Gasteiger partial charge in [0, 0.05) is 13.8 Å². The van der Waals surface area contributed by atoms with Crippen LogP contribution >= 0.6 is 0 Å². The summed E-state index contributed by atoms with van der Waals surface area (Å²) in [4.78, 5) is 19.6. The summed E-state index contributed by atoms with van der Waals surface area (Å²) in [6.07, 6.45) is 0. The van der Waals surface area contributed by atoms with Crippen LogP contribution in [0.25, 0.3) is 0 Å². The van der Waals surface area contributed by atoms with Crippen LogP contribution in [-0.2, 0) is 24.7 Å². The van der Waals surface area contributed by atoms with Crippen LogP contribution in [0, 0.1) is 0 Å². The molecule has 0 fully saturated rings. The minimum absolute atomic E-state index is 0. The van der Waals surface area contributed by atoms with Crippen molar-refractivity contribution in [3.8, 4) is 0 Å². The summed E-state index contributed by atoms with van der Waals surface area (Å²) < 4.78 is 35.6. The highest BCUT2D eigenvalue weighted by Gasteiger charge is 1.93. The lowest BCUT2D eigenvalue weighted by atomic mass is 10.7. The third-order valence-electron chi connectivity index (χ3n) is 0.287. The summed E-state index contributed by atoms with van der Waals surface area (Å²) in [5, 5.41) is 0. The molecule has 0 aliphatic carbocycles. The Hall–Kier alpha value is -0.458. The van der Waals surface area contributed by atoms with Gasteiger partial charge in [0.15, 0.2) is 17.4 Å². The maximum atomic E-state index is 9.81. The van der Waals surface area contributed by atoms with E-state index in [0.717, 1.165) is 0 Å². The van der Waals surface area contributed by atoms with Crippen LogP contribution in [-0.4, -0.2) is 46.8 Å². The monoisotopic (exact) mass is 230 g/mol. The third-order valence-corrected chi connectivity index (χ3v) is 0.287. The maximum Gasteiger partial charge on any atom is 0.394 e. The van der Waals surface area contributed by atoms with Crippen molar-refractivity contribution in [3.05, 3.63) is 0 Å². The standard InChI is InChI=1S/C4H6O3.Al.H2O4S.3H/c1-3(5)7-4(2)6;;1-5(2,3)4;;;/h1-2H3;;(H2,1,2,3,4);;;. The van der Waals surface area contributed by atoms with E-state index in [-0.39, 0.29) is 17.4 Å². The second-order valence-corrected chi connectivity index (χ2v) is 2.43. The minimum Gasteiger partial charge on any atom is -0.394 e. The molecule has 0 aromatic carbocycles. The van der Waals surface area contributed by atoms with Gasteiger partial charge in [0.05, 0.1) is 0 Å². The number of rotatable bonds is 0. The van der Waals surface area contributed by atoms with E-state index in [0.29, 0.717) is 0 Å². The van der Waals surface area contributed by atoms with Crippen LogP contribution in [0.4, 0.5) is 0 Å². The first-order valence-corrected chi connectivity index (χ1v) is 3.91. The first-order chi connectivity index (χ1) is 5.13. The molecular formula is C4H11AlO7S. The molecular weight excluding hydrogens is 219 g/mol. The SMILES string of the molecule is CC(=O)OC(C)=O.O=S(=O)(O)O.[AlH3]. The molecule has 0 aromatic rings. The number of hydrogen-bond donors (Lipinski definition) is 2. The summed E-state index contributed by atoms with van der Waals surface area (Å²) >= 11 is 0. The first kappa shape index (κ1) is 18.4. The van der Waals surface area contributed by atoms with E-state index in [1.54, 1.807) is 0 Å². The van der Waals surface area contributed by atoms with Gasteiger partial charge in [-0.3, -0.25) is 18.7 Å². The summed E-state index contributed by atoms with van der Waals surface area (Å²) in [5.41, 5.74) is 0. The van der Waals surface area contributed by atoms with Gasteiger partial charge in [-0.2, -0.15) is 8.42 Å². The van der Waals surface area contributed by atoms with Crippen LogP contribution in [0.5, 0.6) is 0 Å². The molecule has 0 spiro atoms. The fourth-order valence-corrected chi connectivity index (χ4v) is 0.202. The van der Waals surface area contributed by atoms with E-state index in [1.165, 1.54) is 13.8 Å². The third kappa shape index (κ3) is 83.8. The van der Waals surface area contributed by atoms with Crippen LogP contribution < -0.4 is 0 Å². The molecule has 0 heterocycles. The second-order valence-electron chi connectivity index (χ2n) is 1.53. The van der Waals surface area contributed by atoms with Crippen molar-refractivity contribution < 1.29 is 31.8 Å². The quantitative estimate of drug-likeness (QED) is 0.219. The molecule has 0 aromatic heterocycles. The van der Waals surface area contributed by atoms with Crippen molar-refractivity contribution in [1.29, 1.82) is 0 Å². The molecule has 0 aliphatic heterocycles. The Labute approximate surface area is 85.8 Å². The Bertz CT molecular complexity index is 236. The number of ether oxygens (including phenoxy) is 1. The van der Waals surface area contributed by atoms with Crippen molar-refractivity contribution >= 4 is 39.7 Å². The summed E-state index contributed by atoms with van der Waals surface area (Å²) in [6.45, 7) is 2.36. The maximum absolute atomic E-state index is 9.81. The number of carbonyl (C=O) groups is 2. The number of carbonyl (C=O) groups excluding carboxylic acids is 2. The lowest BCUT2D eigenvalue weighted by Crippen LogP contribution is -2.03. The Balaban J connectivity index is -0.000000150. The van der Waals surface area contributed by atoms with Crippen molar-refractivity contribution in [2.45, 2.75) is 13.8 Å². The molecule has 0 bridgehead atoms. The zero-order chi connectivity index (χ0) is 10.4. The Morgan fingerprint density at radius 3 is 1.23 bits per heavy atom. The molecule has 78 valence electrons. The van der Waals surface area contributed by atoms with Crippen LogP contribution in [0.2, 0.25) is 0 Å². The lowest BCUT2D eigenvalue weighted by Gasteiger charge is -1.87. The molecule has 0 atom stereocenters. The minimum atomic E-state index is -4.67. The predicted molar refractivity (Wildman–Crippen MR) is 46.6 cm³/mol. The van der Waals surface area contributed by atoms with E-state index in [1.807, 2.05) is 0 Å². The zero-order valence-corrected chi connectivity index (χ0v) is 7.16. The van der Waals surface area contributed by atoms with Gasteiger partial charge in [-0.15, -0.1) is 0 Å². The Kier molecular flexibility index (Phi) is 11.5. The van der Waals surface area contributed by atoms with Gasteiger partial charge in [-0.25, -0.2) is 0 Å². The van der Waals surface area contributed by atoms with Crippen LogP contribution in [0.15, 0.2) is 0 Å². The van der Waals surface area contributed by atoms with Crippen LogP contribution in [0.1, 0.15) is 13.8 Å². The number of hydrogen-bond acceptors (Lipinski definition) is 5. The molecule has 7 nitrogen and oxygen atoms in total. The molecule has 0 saturated heterocycles. The van der Waals surface area contributed by atoms with Gasteiger partial charge >= 0.3 is 22.3 Å². The summed E-state index contributed by atoms with van der Waals surface area (Å²) in [6, 6.07) is 0. The summed E-state index contributed by atoms with van der Waals surface area (Å²) in [7, 11) is -4.67. The van der Waals surface area contributed by atoms with E-state index < -0.39 is 22.3 Å². The highest BCUT2D eigenvalue weighted by Crippen LogP contribution is 1.73. The van der Waals surface area contributed by atoms with Crippen molar-refractivity contribution in [2.75, 3.05) is 0 Å². The smallest absolute Gasteiger partial charge is 0.394 e. The fourth-order valence-electron chi connectivity index (χ4n) is 0.202. The van der Waals surface area contributed by atoms with Crippen molar-refractivity contribution in [1.82, 2.24) is 0 Å². The molecule has 0 aliphatic rings. The highest BCUT2D eigenvalue weighted by atomic mass is 32.3. The first-order valence-electron chi connectivity index (χ1n) is 2.51. The summed E-state index contributed by atoms with van der Waals surface area (Å²) in [5.74, 6) is -1.12. The Morgan fingerprint density at radius 2 is 1.23 bits per heavy atom. The van der Waals surface area contributed by atoms with Crippen LogP contribution in [0.3, 0.4) is 0 Å². The van der Waals surface area contributed by atoms with Gasteiger partial charge in [-0.05, 0) is 0 Å². The lowest BCUT2D eigenvalue weighted by molar-refractivity contribution is -0.156. The van der Waals surface area contributed by atoms with Gasteiger partial charge < -0.3 is 4.74 Å². The average Bonchev–Trinajstić information content (AvgIpc) is 1.52. The Morgan fingerprint density at radius 1 is 1.08 bits per heavy atom. The molecule has 0 rings (SSSR count). The van der Waals surface area contributed by atoms with Crippen molar-refractivity contribution in [3.63, 3.8) is 0 Å². The molecule has 0 unspecified atom stereocenters. The number of esters is 2. The van der Waals surface area contributed by atoms with E-state index >= 15 is 0 Å². The molecule has 0 amide bonds. The normalized spacial score (nSPS) is 8.62. The van der Waals surface area contributed by atoms with E-state index in [4.69, 9.17) is 17.5 Å². The largest absolute Gasteiger partial charge is 0.394 e. The van der Waals surface area contributed by atoms with Gasteiger partial charge in [-0.1, -0.05) is 0 Å². The van der Waals surface area contributed by atoms with Gasteiger partial charge in [0.1, 0.15) is 0 Å². The zero-order valence-electron chi connectivity index (χ0n) is 6.34. The van der Waals surface area contributed by atoms with E-state index in [2.05, 4.69) is 4.74 Å².